The van der Waals surface area contributed by atoms with Gasteiger partial charge in [-0.15, -0.1) is 0 Å². The lowest BCUT2D eigenvalue weighted by Crippen LogP contribution is -2.49. The second kappa shape index (κ2) is 6.01. The summed E-state index contributed by atoms with van der Waals surface area (Å²) in [6.07, 6.45) is 1.04. The summed E-state index contributed by atoms with van der Waals surface area (Å²) >= 11 is 0. The van der Waals surface area contributed by atoms with E-state index in [0.29, 0.717) is 31.2 Å². The Morgan fingerprint density at radius 1 is 1.15 bits per heavy atom. The highest BCUT2D eigenvalue weighted by Gasteiger charge is 2.36. The van der Waals surface area contributed by atoms with Gasteiger partial charge in [0.05, 0.1) is 7.11 Å². The molecule has 6 heteroatoms. The molecule has 2 aliphatic heterocycles. The highest BCUT2D eigenvalue weighted by atomic mass is 16.5. The van der Waals surface area contributed by atoms with Crippen LogP contribution in [0.25, 0.3) is 10.9 Å². The molecule has 6 nitrogen and oxygen atoms in total. The van der Waals surface area contributed by atoms with Crippen LogP contribution in [0.15, 0.2) is 47.3 Å². The zero-order valence-corrected chi connectivity index (χ0v) is 15.1. The quantitative estimate of drug-likeness (QED) is 0.761. The Bertz CT molecular complexity index is 1100. The van der Waals surface area contributed by atoms with Crippen LogP contribution in [-0.2, 0) is 6.54 Å². The van der Waals surface area contributed by atoms with Crippen molar-refractivity contribution in [3.63, 3.8) is 0 Å². The van der Waals surface area contributed by atoms with Crippen LogP contribution in [0.1, 0.15) is 28.5 Å². The van der Waals surface area contributed by atoms with Crippen molar-refractivity contribution in [1.82, 2.24) is 14.5 Å². The van der Waals surface area contributed by atoms with Crippen LogP contribution in [0.2, 0.25) is 0 Å². The fourth-order valence-corrected chi connectivity index (χ4v) is 4.58. The first-order valence-corrected chi connectivity index (χ1v) is 9.28. The number of likely N-dealkylation sites (tertiary alicyclic amines) is 1. The molecule has 1 amide bonds. The molecule has 3 aromatic rings. The minimum Gasteiger partial charge on any atom is -0.497 e. The number of H-pyrrole nitrogens is 1. The van der Waals surface area contributed by atoms with Crippen molar-refractivity contribution in [3.8, 4) is 5.75 Å². The van der Waals surface area contributed by atoms with Gasteiger partial charge in [-0.2, -0.15) is 0 Å². The molecule has 27 heavy (non-hydrogen) atoms. The third kappa shape index (κ3) is 2.63. The first kappa shape index (κ1) is 16.2. The standard InChI is InChI=1S/C21H21N3O3/c1-27-16-6-5-14-8-18(22-17(14)9-16)21(26)23-10-13-7-15(12-23)19-3-2-4-20(25)24(19)11-13/h2-6,8-9,13,15,22H,7,10-12H2,1H3/t13-,15+/m0/s1. The molecular formula is C21H21N3O3. The number of ether oxygens (including phenoxy) is 1. The lowest BCUT2D eigenvalue weighted by atomic mass is 9.83. The first-order valence-electron chi connectivity index (χ1n) is 9.28. The fourth-order valence-electron chi connectivity index (χ4n) is 4.58. The number of carbonyl (C=O) groups excluding carboxylic acids is 1. The van der Waals surface area contributed by atoms with Gasteiger partial charge in [0.2, 0.25) is 0 Å². The van der Waals surface area contributed by atoms with Gasteiger partial charge >= 0.3 is 0 Å². The molecule has 1 N–H and O–H groups in total. The van der Waals surface area contributed by atoms with E-state index in [4.69, 9.17) is 4.74 Å². The molecule has 2 bridgehead atoms. The van der Waals surface area contributed by atoms with Crippen molar-refractivity contribution in [1.29, 1.82) is 0 Å². The zero-order valence-electron chi connectivity index (χ0n) is 15.1. The van der Waals surface area contributed by atoms with E-state index in [-0.39, 0.29) is 17.4 Å². The van der Waals surface area contributed by atoms with Crippen molar-refractivity contribution in [2.45, 2.75) is 18.9 Å². The smallest absolute Gasteiger partial charge is 0.270 e. The number of pyridine rings is 1. The Hall–Kier alpha value is -3.02. The summed E-state index contributed by atoms with van der Waals surface area (Å²) in [6.45, 7) is 2.03. The van der Waals surface area contributed by atoms with E-state index in [1.807, 2.05) is 45.9 Å². The van der Waals surface area contributed by atoms with Crippen LogP contribution in [0.5, 0.6) is 5.75 Å². The molecule has 138 valence electrons. The lowest BCUT2D eigenvalue weighted by molar-refractivity contribution is 0.0589. The van der Waals surface area contributed by atoms with Gasteiger partial charge in [-0.05, 0) is 36.6 Å². The van der Waals surface area contributed by atoms with E-state index in [0.717, 1.165) is 28.8 Å². The Labute approximate surface area is 156 Å². The summed E-state index contributed by atoms with van der Waals surface area (Å²) in [7, 11) is 1.63. The lowest BCUT2D eigenvalue weighted by Gasteiger charge is -2.42. The van der Waals surface area contributed by atoms with Crippen LogP contribution in [0.4, 0.5) is 0 Å². The number of rotatable bonds is 2. The summed E-state index contributed by atoms with van der Waals surface area (Å²) < 4.78 is 7.14. The SMILES string of the molecule is COc1ccc2cc(C(=O)N3C[C@@H]4C[C@H](C3)c3cccc(=O)n3C4)[nH]c2c1. The molecule has 4 heterocycles. The Morgan fingerprint density at radius 2 is 2.04 bits per heavy atom. The monoisotopic (exact) mass is 363 g/mol. The maximum atomic E-state index is 13.1. The molecule has 0 radical (unpaired) electrons. The zero-order chi connectivity index (χ0) is 18.5. The van der Waals surface area contributed by atoms with E-state index in [1.165, 1.54) is 0 Å². The number of hydrogen-bond acceptors (Lipinski definition) is 3. The summed E-state index contributed by atoms with van der Waals surface area (Å²) in [5.41, 5.74) is 2.61. The fraction of sp³-hybridized carbons (Fsp3) is 0.333. The molecule has 5 rings (SSSR count). The molecule has 0 aliphatic carbocycles. The predicted molar refractivity (Wildman–Crippen MR) is 102 cm³/mol. The maximum absolute atomic E-state index is 13.1. The number of methoxy groups -OCH3 is 1. The Kier molecular flexibility index (Phi) is 3.60. The number of piperidine rings is 1. The minimum absolute atomic E-state index is 0.0200. The Balaban J connectivity index is 1.44. The molecular weight excluding hydrogens is 342 g/mol. The normalized spacial score (nSPS) is 21.1. The van der Waals surface area contributed by atoms with Gasteiger partial charge in [0, 0.05) is 54.3 Å². The van der Waals surface area contributed by atoms with E-state index in [9.17, 15) is 9.59 Å². The van der Waals surface area contributed by atoms with Gasteiger partial charge in [0.25, 0.3) is 11.5 Å². The molecule has 0 unspecified atom stereocenters. The molecule has 1 fully saturated rings. The average Bonchev–Trinajstić information content (AvgIpc) is 3.11. The van der Waals surface area contributed by atoms with Crippen LogP contribution >= 0.6 is 0 Å². The molecule has 1 saturated heterocycles. The van der Waals surface area contributed by atoms with E-state index in [2.05, 4.69) is 4.98 Å². The number of fused-ring (bicyclic) bond motifs is 5. The molecule has 1 aromatic carbocycles. The summed E-state index contributed by atoms with van der Waals surface area (Å²) in [5, 5.41) is 0.994. The van der Waals surface area contributed by atoms with Crippen molar-refractivity contribution in [3.05, 3.63) is 64.2 Å². The van der Waals surface area contributed by atoms with E-state index in [1.54, 1.807) is 13.2 Å². The number of nitrogens with zero attached hydrogens (tertiary/aromatic N) is 2. The number of nitrogens with one attached hydrogen (secondary N) is 1. The van der Waals surface area contributed by atoms with Crippen LogP contribution in [-0.4, -0.2) is 40.6 Å². The van der Waals surface area contributed by atoms with Gasteiger partial charge < -0.3 is 19.2 Å². The van der Waals surface area contributed by atoms with Crippen molar-refractivity contribution < 1.29 is 9.53 Å². The van der Waals surface area contributed by atoms with Gasteiger partial charge in [-0.3, -0.25) is 9.59 Å². The van der Waals surface area contributed by atoms with Crippen LogP contribution < -0.4 is 10.3 Å². The molecule has 0 saturated carbocycles. The predicted octanol–water partition coefficient (Wildman–Crippen LogP) is 2.60. The van der Waals surface area contributed by atoms with Gasteiger partial charge in [0.1, 0.15) is 11.4 Å². The van der Waals surface area contributed by atoms with Crippen LogP contribution in [0, 0.1) is 5.92 Å². The molecule has 0 spiro atoms. The summed E-state index contributed by atoms with van der Waals surface area (Å²) in [5.74, 6) is 1.33. The molecule has 2 aromatic heterocycles. The van der Waals surface area contributed by atoms with Crippen molar-refractivity contribution in [2.24, 2.45) is 5.92 Å². The molecule has 2 aliphatic rings. The average molecular weight is 363 g/mol. The highest BCUT2D eigenvalue weighted by Crippen LogP contribution is 2.35. The second-order valence-electron chi connectivity index (χ2n) is 7.54. The summed E-state index contributed by atoms with van der Waals surface area (Å²) in [6, 6.07) is 13.1. The van der Waals surface area contributed by atoms with Gasteiger partial charge in [0.15, 0.2) is 0 Å². The number of hydrogen-bond donors (Lipinski definition) is 1. The second-order valence-corrected chi connectivity index (χ2v) is 7.54. The third-order valence-corrected chi connectivity index (χ3v) is 5.83. The third-order valence-electron chi connectivity index (χ3n) is 5.83. The number of amides is 1. The highest BCUT2D eigenvalue weighted by molar-refractivity contribution is 5.98. The Morgan fingerprint density at radius 3 is 2.89 bits per heavy atom. The van der Waals surface area contributed by atoms with Crippen LogP contribution in [0.3, 0.4) is 0 Å². The largest absolute Gasteiger partial charge is 0.497 e. The molecule has 2 atom stereocenters. The number of benzene rings is 1. The number of carbonyl (C=O) groups is 1. The van der Waals surface area contributed by atoms with E-state index >= 15 is 0 Å². The van der Waals surface area contributed by atoms with Gasteiger partial charge in [-0.1, -0.05) is 6.07 Å². The first-order chi connectivity index (χ1) is 13.1. The topological polar surface area (TPSA) is 67.3 Å². The minimum atomic E-state index is 0.0200. The van der Waals surface area contributed by atoms with Gasteiger partial charge in [-0.25, -0.2) is 0 Å². The van der Waals surface area contributed by atoms with E-state index < -0.39 is 0 Å². The number of aromatic nitrogens is 2. The maximum Gasteiger partial charge on any atom is 0.270 e. The number of aromatic amines is 1. The van der Waals surface area contributed by atoms with Crippen molar-refractivity contribution >= 4 is 16.8 Å². The summed E-state index contributed by atoms with van der Waals surface area (Å²) in [4.78, 5) is 30.4. The van der Waals surface area contributed by atoms with Crippen molar-refractivity contribution in [2.75, 3.05) is 20.2 Å².